The summed E-state index contributed by atoms with van der Waals surface area (Å²) in [7, 11) is 0. The average Bonchev–Trinajstić information content (AvgIpc) is 3.38. The van der Waals surface area contributed by atoms with Crippen molar-refractivity contribution in [2.45, 2.75) is 38.9 Å². The largest absolute Gasteiger partial charge is 0.478 e. The van der Waals surface area contributed by atoms with Gasteiger partial charge in [0.1, 0.15) is 6.04 Å². The van der Waals surface area contributed by atoms with Crippen molar-refractivity contribution in [2.75, 3.05) is 32.8 Å². The molecule has 37 heavy (non-hydrogen) atoms. The number of nitrogens with one attached hydrogen (secondary N) is 1. The number of hydrogen-bond acceptors (Lipinski definition) is 8. The van der Waals surface area contributed by atoms with E-state index in [9.17, 15) is 14.7 Å². The fourth-order valence-corrected chi connectivity index (χ4v) is 5.73. The second-order valence-corrected chi connectivity index (χ2v) is 10.8. The van der Waals surface area contributed by atoms with Gasteiger partial charge in [-0.25, -0.2) is 14.8 Å². The fourth-order valence-electron chi connectivity index (χ4n) is 4.57. The maximum atomic E-state index is 12.9. The van der Waals surface area contributed by atoms with Gasteiger partial charge in [-0.2, -0.15) is 0 Å². The van der Waals surface area contributed by atoms with Crippen molar-refractivity contribution in [1.82, 2.24) is 20.1 Å². The molecule has 4 rings (SSSR count). The summed E-state index contributed by atoms with van der Waals surface area (Å²) in [5, 5.41) is 16.7. The number of aliphatic imine (C=N–C) groups is 1. The minimum absolute atomic E-state index is 0.0381. The molecule has 12 heteroatoms. The summed E-state index contributed by atoms with van der Waals surface area (Å²) in [6, 6.07) is 3.70. The van der Waals surface area contributed by atoms with Gasteiger partial charge < -0.3 is 20.1 Å². The number of aromatic nitrogens is 1. The first-order chi connectivity index (χ1) is 17.7. The number of thiazole rings is 1. The highest BCUT2D eigenvalue weighted by Gasteiger charge is 2.40. The summed E-state index contributed by atoms with van der Waals surface area (Å²) in [6.45, 7) is 7.42. The van der Waals surface area contributed by atoms with E-state index in [-0.39, 0.29) is 30.7 Å². The summed E-state index contributed by atoms with van der Waals surface area (Å²) in [6.07, 6.45) is 1.69. The third-order valence-corrected chi connectivity index (χ3v) is 7.52. The van der Waals surface area contributed by atoms with Crippen LogP contribution in [0.25, 0.3) is 0 Å². The molecule has 3 heterocycles. The van der Waals surface area contributed by atoms with Crippen molar-refractivity contribution < 1.29 is 19.4 Å². The lowest BCUT2D eigenvalue weighted by Gasteiger charge is -2.40. The number of likely N-dealkylation sites (N-methyl/N-ethyl adjacent to an activating group) is 1. The SMILES string of the molecule is CCN1C(c2nccs2)=NC(CN2CCOCC2C(=O)NC(C)C)=C(C(=O)O)C1c1ccc(Cl)cc1Cl. The number of halogens is 2. The Bertz CT molecular complexity index is 1220. The van der Waals surface area contributed by atoms with Crippen molar-refractivity contribution in [3.8, 4) is 0 Å². The van der Waals surface area contributed by atoms with Gasteiger partial charge >= 0.3 is 5.97 Å². The van der Waals surface area contributed by atoms with Gasteiger partial charge in [-0.15, -0.1) is 11.3 Å². The zero-order valence-corrected chi connectivity index (χ0v) is 23.1. The Labute approximate surface area is 229 Å². The van der Waals surface area contributed by atoms with Gasteiger partial charge in [0.05, 0.1) is 30.5 Å². The van der Waals surface area contributed by atoms with Gasteiger partial charge in [0.25, 0.3) is 0 Å². The summed E-state index contributed by atoms with van der Waals surface area (Å²) >= 11 is 14.2. The highest BCUT2D eigenvalue weighted by Crippen LogP contribution is 2.40. The fraction of sp³-hybridized carbons (Fsp3) is 0.440. The molecule has 2 aliphatic rings. The van der Waals surface area contributed by atoms with Crippen LogP contribution in [0.15, 0.2) is 46.0 Å². The van der Waals surface area contributed by atoms with Gasteiger partial charge in [0, 0.05) is 47.3 Å². The lowest BCUT2D eigenvalue weighted by atomic mass is 9.92. The van der Waals surface area contributed by atoms with Gasteiger partial charge in [-0.05, 0) is 38.5 Å². The minimum Gasteiger partial charge on any atom is -0.478 e. The molecule has 1 aromatic carbocycles. The van der Waals surface area contributed by atoms with Crippen LogP contribution in [-0.2, 0) is 14.3 Å². The molecular weight excluding hydrogens is 537 g/mol. The Balaban J connectivity index is 1.85. The van der Waals surface area contributed by atoms with E-state index in [1.807, 2.05) is 36.0 Å². The van der Waals surface area contributed by atoms with Crippen LogP contribution in [0.5, 0.6) is 0 Å². The van der Waals surface area contributed by atoms with E-state index in [2.05, 4.69) is 10.3 Å². The Hall–Kier alpha value is -2.50. The zero-order valence-electron chi connectivity index (χ0n) is 20.8. The van der Waals surface area contributed by atoms with E-state index in [0.29, 0.717) is 51.8 Å². The zero-order chi connectivity index (χ0) is 26.7. The first kappa shape index (κ1) is 27.5. The molecule has 0 saturated carbocycles. The molecule has 2 aliphatic heterocycles. The maximum Gasteiger partial charge on any atom is 0.335 e. The number of aliphatic carboxylic acids is 1. The predicted octanol–water partition coefficient (Wildman–Crippen LogP) is 3.84. The molecule has 2 N–H and O–H groups in total. The van der Waals surface area contributed by atoms with Crippen LogP contribution in [-0.4, -0.2) is 82.5 Å². The van der Waals surface area contributed by atoms with Gasteiger partial charge in [0.2, 0.25) is 5.91 Å². The molecule has 2 unspecified atom stereocenters. The predicted molar refractivity (Wildman–Crippen MR) is 144 cm³/mol. The molecule has 2 atom stereocenters. The molecule has 1 fully saturated rings. The molecule has 2 aromatic rings. The van der Waals surface area contributed by atoms with E-state index in [1.54, 1.807) is 24.4 Å². The van der Waals surface area contributed by atoms with Gasteiger partial charge in [-0.3, -0.25) is 9.69 Å². The second-order valence-electron chi connectivity index (χ2n) is 9.02. The third-order valence-electron chi connectivity index (χ3n) is 6.19. The first-order valence-electron chi connectivity index (χ1n) is 12.0. The average molecular weight is 567 g/mol. The highest BCUT2D eigenvalue weighted by molar-refractivity contribution is 7.11. The molecule has 1 saturated heterocycles. The number of benzene rings is 1. The molecule has 9 nitrogen and oxygen atoms in total. The normalized spacial score (nSPS) is 20.8. The van der Waals surface area contributed by atoms with Crippen LogP contribution in [0.1, 0.15) is 37.4 Å². The lowest BCUT2D eigenvalue weighted by molar-refractivity contribution is -0.133. The van der Waals surface area contributed by atoms with Crippen molar-refractivity contribution in [3.05, 3.63) is 61.7 Å². The summed E-state index contributed by atoms with van der Waals surface area (Å²) in [5.41, 5.74) is 1.05. The molecule has 1 amide bonds. The topological polar surface area (TPSA) is 107 Å². The number of carboxylic acid groups (broad SMARTS) is 1. The number of nitrogens with zero attached hydrogens (tertiary/aromatic N) is 4. The number of amidine groups is 1. The summed E-state index contributed by atoms with van der Waals surface area (Å²) in [5.74, 6) is -0.715. The quantitative estimate of drug-likeness (QED) is 0.500. The smallest absolute Gasteiger partial charge is 0.335 e. The molecule has 0 radical (unpaired) electrons. The lowest BCUT2D eigenvalue weighted by Crippen LogP contribution is -2.55. The highest BCUT2D eigenvalue weighted by atomic mass is 35.5. The van der Waals surface area contributed by atoms with Crippen LogP contribution >= 0.6 is 34.5 Å². The van der Waals surface area contributed by atoms with E-state index >= 15 is 0 Å². The Morgan fingerprint density at radius 2 is 2.11 bits per heavy atom. The molecule has 0 aliphatic carbocycles. The van der Waals surface area contributed by atoms with Crippen molar-refractivity contribution >= 4 is 52.3 Å². The minimum atomic E-state index is -1.11. The summed E-state index contributed by atoms with van der Waals surface area (Å²) in [4.78, 5) is 38.9. The Morgan fingerprint density at radius 3 is 2.73 bits per heavy atom. The number of rotatable bonds is 8. The second kappa shape index (κ2) is 11.9. The Kier molecular flexibility index (Phi) is 8.86. The molecule has 0 bridgehead atoms. The van der Waals surface area contributed by atoms with Gasteiger partial charge in [-0.1, -0.05) is 29.3 Å². The van der Waals surface area contributed by atoms with Crippen molar-refractivity contribution in [1.29, 1.82) is 0 Å². The van der Waals surface area contributed by atoms with Crippen LogP contribution in [0, 0.1) is 0 Å². The number of amides is 1. The van der Waals surface area contributed by atoms with E-state index < -0.39 is 18.1 Å². The van der Waals surface area contributed by atoms with Crippen LogP contribution in [0.4, 0.5) is 0 Å². The summed E-state index contributed by atoms with van der Waals surface area (Å²) < 4.78 is 5.59. The number of morpholine rings is 1. The standard InChI is InChI=1S/C25H29Cl2N5O4S/c1-4-32-21(16-6-5-15(26)11-17(16)27)20(25(34)35)18(30-22(32)24-28-7-10-37-24)12-31-8-9-36-13-19(31)23(33)29-14(2)3/h5-7,10-11,14,19,21H,4,8-9,12-13H2,1-3H3,(H,29,33)(H,34,35). The maximum absolute atomic E-state index is 12.9. The first-order valence-corrected chi connectivity index (χ1v) is 13.6. The van der Waals surface area contributed by atoms with Crippen molar-refractivity contribution in [3.63, 3.8) is 0 Å². The number of ether oxygens (including phenoxy) is 1. The monoisotopic (exact) mass is 565 g/mol. The number of carboxylic acids is 1. The van der Waals surface area contributed by atoms with E-state index in [0.717, 1.165) is 0 Å². The number of carbonyl (C=O) groups excluding carboxylic acids is 1. The molecule has 0 spiro atoms. The van der Waals surface area contributed by atoms with Gasteiger partial charge in [0.15, 0.2) is 10.8 Å². The van der Waals surface area contributed by atoms with Crippen LogP contribution in [0.2, 0.25) is 10.0 Å². The van der Waals surface area contributed by atoms with Crippen LogP contribution in [0.3, 0.4) is 0 Å². The van der Waals surface area contributed by atoms with Crippen molar-refractivity contribution in [2.24, 2.45) is 4.99 Å². The Morgan fingerprint density at radius 1 is 1.32 bits per heavy atom. The van der Waals surface area contributed by atoms with E-state index in [4.69, 9.17) is 32.9 Å². The number of hydrogen-bond donors (Lipinski definition) is 2. The molecule has 198 valence electrons. The van der Waals surface area contributed by atoms with E-state index in [1.165, 1.54) is 11.3 Å². The molecule has 1 aromatic heterocycles. The third kappa shape index (κ3) is 5.99. The van der Waals surface area contributed by atoms with Crippen LogP contribution < -0.4 is 5.32 Å². The number of carbonyl (C=O) groups is 2. The molecular formula is C25H29Cl2N5O4S.